The van der Waals surface area contributed by atoms with Gasteiger partial charge in [-0.3, -0.25) is 4.90 Å². The maximum atomic E-state index is 8.78. The third-order valence-electron chi connectivity index (χ3n) is 3.47. The van der Waals surface area contributed by atoms with Crippen LogP contribution < -0.4 is 0 Å². The van der Waals surface area contributed by atoms with Gasteiger partial charge in [-0.2, -0.15) is 5.26 Å². The number of ether oxygens (including phenoxy) is 1. The first kappa shape index (κ1) is 10.9. The van der Waals surface area contributed by atoms with Gasteiger partial charge in [-0.1, -0.05) is 0 Å². The van der Waals surface area contributed by atoms with Crippen LogP contribution in [0.25, 0.3) is 0 Å². The predicted molar refractivity (Wildman–Crippen MR) is 58.3 cm³/mol. The molecule has 0 aromatic carbocycles. The van der Waals surface area contributed by atoms with Crippen molar-refractivity contribution in [3.05, 3.63) is 0 Å². The molecule has 0 aromatic rings. The lowest BCUT2D eigenvalue weighted by molar-refractivity contribution is -0.0724. The van der Waals surface area contributed by atoms with Crippen molar-refractivity contribution in [2.24, 2.45) is 5.41 Å². The molecule has 1 aliphatic heterocycles. The lowest BCUT2D eigenvalue weighted by Gasteiger charge is -2.37. The lowest BCUT2D eigenvalue weighted by atomic mass is 10.0. The molecule has 15 heavy (non-hydrogen) atoms. The van der Waals surface area contributed by atoms with Gasteiger partial charge in [-0.05, 0) is 32.1 Å². The monoisotopic (exact) mass is 208 g/mol. The van der Waals surface area contributed by atoms with Crippen molar-refractivity contribution < 1.29 is 4.74 Å². The van der Waals surface area contributed by atoms with Crippen LogP contribution in [0.4, 0.5) is 0 Å². The molecule has 0 N–H and O–H groups in total. The van der Waals surface area contributed by atoms with E-state index in [9.17, 15) is 0 Å². The Hall–Kier alpha value is -0.590. The first-order chi connectivity index (χ1) is 7.13. The molecular weight excluding hydrogens is 188 g/mol. The van der Waals surface area contributed by atoms with E-state index in [0.29, 0.717) is 17.6 Å². The highest BCUT2D eigenvalue weighted by Gasteiger charge is 2.44. The summed E-state index contributed by atoms with van der Waals surface area (Å²) in [6.45, 7) is 7.41. The highest BCUT2D eigenvalue weighted by Crippen LogP contribution is 2.49. The highest BCUT2D eigenvalue weighted by molar-refractivity contribution is 5.01. The molecular formula is C12H20N2O. The molecule has 0 unspecified atom stereocenters. The molecule has 2 atom stereocenters. The van der Waals surface area contributed by atoms with Crippen molar-refractivity contribution in [1.82, 2.24) is 4.90 Å². The Morgan fingerprint density at radius 2 is 1.93 bits per heavy atom. The summed E-state index contributed by atoms with van der Waals surface area (Å²) < 4.78 is 5.70. The molecule has 0 amide bonds. The zero-order valence-electron chi connectivity index (χ0n) is 9.70. The van der Waals surface area contributed by atoms with Crippen molar-refractivity contribution in [2.45, 2.75) is 45.3 Å². The van der Waals surface area contributed by atoms with Gasteiger partial charge in [-0.15, -0.1) is 0 Å². The van der Waals surface area contributed by atoms with E-state index in [4.69, 9.17) is 10.00 Å². The molecule has 0 spiro atoms. The molecule has 1 saturated carbocycles. The number of hydrogen-bond acceptors (Lipinski definition) is 3. The van der Waals surface area contributed by atoms with E-state index < -0.39 is 0 Å². The number of nitrogens with zero attached hydrogens (tertiary/aromatic N) is 2. The fourth-order valence-electron chi connectivity index (χ4n) is 2.62. The summed E-state index contributed by atoms with van der Waals surface area (Å²) in [6.07, 6.45) is 3.88. The summed E-state index contributed by atoms with van der Waals surface area (Å²) >= 11 is 0. The van der Waals surface area contributed by atoms with Crippen LogP contribution in [0.2, 0.25) is 0 Å². The minimum atomic E-state index is 0.339. The molecule has 2 fully saturated rings. The summed E-state index contributed by atoms with van der Waals surface area (Å²) in [5.41, 5.74) is 0.339. The third kappa shape index (κ3) is 2.70. The standard InChI is InChI=1S/C12H20N2O/c1-10-7-14(8-11(2)15-10)9-12(3-4-12)5-6-13/h10-11H,3-5,7-9H2,1-2H3/t10-,11+. The largest absolute Gasteiger partial charge is 0.373 e. The molecule has 1 saturated heterocycles. The summed E-state index contributed by atoms with van der Waals surface area (Å²) in [7, 11) is 0. The van der Waals surface area contributed by atoms with Crippen molar-refractivity contribution >= 4 is 0 Å². The Bertz CT molecular complexity index is 257. The molecule has 84 valence electrons. The number of rotatable bonds is 3. The molecule has 0 radical (unpaired) electrons. The van der Waals surface area contributed by atoms with Crippen LogP contribution in [0, 0.1) is 16.7 Å². The van der Waals surface area contributed by atoms with Crippen molar-refractivity contribution in [3.63, 3.8) is 0 Å². The van der Waals surface area contributed by atoms with E-state index in [1.54, 1.807) is 0 Å². The van der Waals surface area contributed by atoms with Crippen LogP contribution in [0.3, 0.4) is 0 Å². The minimum Gasteiger partial charge on any atom is -0.373 e. The van der Waals surface area contributed by atoms with Crippen LogP contribution in [0.5, 0.6) is 0 Å². The molecule has 1 aliphatic carbocycles. The molecule has 0 bridgehead atoms. The van der Waals surface area contributed by atoms with E-state index in [2.05, 4.69) is 24.8 Å². The molecule has 2 aliphatic rings. The second-order valence-corrected chi connectivity index (χ2v) is 5.29. The fourth-order valence-corrected chi connectivity index (χ4v) is 2.62. The molecule has 3 heteroatoms. The highest BCUT2D eigenvalue weighted by atomic mass is 16.5. The van der Waals surface area contributed by atoms with Gasteiger partial charge in [0.1, 0.15) is 0 Å². The van der Waals surface area contributed by atoms with Gasteiger partial charge in [0, 0.05) is 26.1 Å². The van der Waals surface area contributed by atoms with Gasteiger partial charge in [0.05, 0.1) is 18.3 Å². The lowest BCUT2D eigenvalue weighted by Crippen LogP contribution is -2.47. The predicted octanol–water partition coefficient (Wildman–Crippen LogP) is 1.79. The summed E-state index contributed by atoms with van der Waals surface area (Å²) in [5, 5.41) is 8.78. The Morgan fingerprint density at radius 3 is 2.40 bits per heavy atom. The third-order valence-corrected chi connectivity index (χ3v) is 3.47. The van der Waals surface area contributed by atoms with Crippen LogP contribution in [-0.2, 0) is 4.74 Å². The van der Waals surface area contributed by atoms with E-state index in [-0.39, 0.29) is 0 Å². The quantitative estimate of drug-likeness (QED) is 0.709. The van der Waals surface area contributed by atoms with Crippen molar-refractivity contribution in [3.8, 4) is 6.07 Å². The Balaban J connectivity index is 1.86. The van der Waals surface area contributed by atoms with E-state index in [1.807, 2.05) is 0 Å². The summed E-state index contributed by atoms with van der Waals surface area (Å²) in [4.78, 5) is 2.48. The van der Waals surface area contributed by atoms with Gasteiger partial charge < -0.3 is 4.74 Å². The van der Waals surface area contributed by atoms with E-state index in [0.717, 1.165) is 26.1 Å². The normalized spacial score (nSPS) is 34.7. The van der Waals surface area contributed by atoms with E-state index >= 15 is 0 Å². The average Bonchev–Trinajstić information content (AvgIpc) is 2.83. The van der Waals surface area contributed by atoms with Crippen LogP contribution in [-0.4, -0.2) is 36.7 Å². The number of nitriles is 1. The SMILES string of the molecule is C[C@@H]1CN(CC2(CC#N)CC2)C[C@H](C)O1. The molecule has 3 nitrogen and oxygen atoms in total. The van der Waals surface area contributed by atoms with Gasteiger partial charge in [0.25, 0.3) is 0 Å². The van der Waals surface area contributed by atoms with E-state index in [1.165, 1.54) is 12.8 Å². The zero-order chi connectivity index (χ0) is 10.9. The summed E-state index contributed by atoms with van der Waals surface area (Å²) in [6, 6.07) is 2.32. The Labute approximate surface area is 92.0 Å². The zero-order valence-corrected chi connectivity index (χ0v) is 9.70. The van der Waals surface area contributed by atoms with Gasteiger partial charge >= 0.3 is 0 Å². The maximum absolute atomic E-state index is 8.78. The topological polar surface area (TPSA) is 36.3 Å². The minimum absolute atomic E-state index is 0.339. The molecule has 0 aromatic heterocycles. The second-order valence-electron chi connectivity index (χ2n) is 5.29. The van der Waals surface area contributed by atoms with Crippen LogP contribution in [0.1, 0.15) is 33.1 Å². The van der Waals surface area contributed by atoms with Crippen molar-refractivity contribution in [2.75, 3.05) is 19.6 Å². The first-order valence-corrected chi connectivity index (χ1v) is 5.88. The number of morpholine rings is 1. The summed E-state index contributed by atoms with van der Waals surface area (Å²) in [5.74, 6) is 0. The maximum Gasteiger partial charge on any atom is 0.0678 e. The van der Waals surface area contributed by atoms with Crippen LogP contribution in [0.15, 0.2) is 0 Å². The fraction of sp³-hybridized carbons (Fsp3) is 0.917. The smallest absolute Gasteiger partial charge is 0.0678 e. The van der Waals surface area contributed by atoms with Gasteiger partial charge in [0.15, 0.2) is 0 Å². The Kier molecular flexibility index (Phi) is 2.99. The second kappa shape index (κ2) is 4.11. The van der Waals surface area contributed by atoms with Gasteiger partial charge in [-0.25, -0.2) is 0 Å². The average molecular weight is 208 g/mol. The van der Waals surface area contributed by atoms with Crippen molar-refractivity contribution in [1.29, 1.82) is 5.26 Å². The molecule has 1 heterocycles. The molecule has 2 rings (SSSR count). The number of hydrogen-bond donors (Lipinski definition) is 0. The Morgan fingerprint density at radius 1 is 1.33 bits per heavy atom. The first-order valence-electron chi connectivity index (χ1n) is 5.88. The van der Waals surface area contributed by atoms with Crippen LogP contribution >= 0.6 is 0 Å². The van der Waals surface area contributed by atoms with Gasteiger partial charge in [0.2, 0.25) is 0 Å².